The maximum absolute atomic E-state index is 12.7. The van der Waals surface area contributed by atoms with E-state index in [9.17, 15) is 18.0 Å². The third kappa shape index (κ3) is 6.55. The first-order valence-corrected chi connectivity index (χ1v) is 12.2. The quantitative estimate of drug-likeness (QED) is 0.549. The van der Waals surface area contributed by atoms with Gasteiger partial charge in [-0.05, 0) is 49.2 Å². The Morgan fingerprint density at radius 2 is 1.71 bits per heavy atom. The third-order valence-corrected chi connectivity index (χ3v) is 6.87. The van der Waals surface area contributed by atoms with Crippen molar-refractivity contribution in [2.45, 2.75) is 32.2 Å². The van der Waals surface area contributed by atoms with Gasteiger partial charge in [-0.3, -0.25) is 4.79 Å². The Kier molecular flexibility index (Phi) is 7.68. The van der Waals surface area contributed by atoms with Crippen LogP contribution in [0.1, 0.15) is 36.5 Å². The van der Waals surface area contributed by atoms with Gasteiger partial charge >= 0.3 is 5.97 Å². The maximum Gasteiger partial charge on any atom is 0.338 e. The number of para-hydroxylation sites is 1. The molecule has 3 rings (SSSR count). The summed E-state index contributed by atoms with van der Waals surface area (Å²) in [5.74, 6) is 0.336. The molecule has 0 spiro atoms. The largest absolute Gasteiger partial charge is 0.457 e. The Bertz CT molecular complexity index is 988. The summed E-state index contributed by atoms with van der Waals surface area (Å²) in [5.41, 5.74) is 0.303. The van der Waals surface area contributed by atoms with E-state index in [2.05, 4.69) is 0 Å². The van der Waals surface area contributed by atoms with Crippen molar-refractivity contribution < 1.29 is 27.5 Å². The number of amides is 1. The molecule has 0 radical (unpaired) electrons. The molecule has 0 N–H and O–H groups in total. The molecular formula is C23H27NO6S. The molecule has 0 aromatic heterocycles. The highest BCUT2D eigenvalue weighted by Gasteiger charge is 2.34. The summed E-state index contributed by atoms with van der Waals surface area (Å²) in [6, 6.07) is 15.4. The van der Waals surface area contributed by atoms with Gasteiger partial charge in [0, 0.05) is 12.6 Å². The lowest BCUT2D eigenvalue weighted by atomic mass is 10.2. The molecule has 166 valence electrons. The van der Waals surface area contributed by atoms with Crippen LogP contribution in [0.4, 0.5) is 0 Å². The molecule has 2 aromatic carbocycles. The van der Waals surface area contributed by atoms with Gasteiger partial charge in [-0.15, -0.1) is 0 Å². The van der Waals surface area contributed by atoms with E-state index < -0.39 is 22.4 Å². The van der Waals surface area contributed by atoms with E-state index in [4.69, 9.17) is 9.47 Å². The predicted octanol–water partition coefficient (Wildman–Crippen LogP) is 3.45. The third-order valence-electron chi connectivity index (χ3n) is 5.12. The van der Waals surface area contributed by atoms with E-state index in [0.29, 0.717) is 30.0 Å². The average Bonchev–Trinajstić information content (AvgIpc) is 3.13. The SMILES string of the molecule is CCCCN(C(=O)COC(=O)c1ccc(Oc2ccccc2)cc1)C1CCS(=O)(=O)C1. The van der Waals surface area contributed by atoms with Gasteiger partial charge < -0.3 is 14.4 Å². The van der Waals surface area contributed by atoms with Crippen molar-refractivity contribution in [1.29, 1.82) is 0 Å². The summed E-state index contributed by atoms with van der Waals surface area (Å²) in [5, 5.41) is 0. The number of hydrogen-bond acceptors (Lipinski definition) is 6. The van der Waals surface area contributed by atoms with Crippen molar-refractivity contribution in [3.63, 3.8) is 0 Å². The van der Waals surface area contributed by atoms with Gasteiger partial charge in [0.2, 0.25) is 0 Å². The highest BCUT2D eigenvalue weighted by atomic mass is 32.2. The normalized spacial score (nSPS) is 17.1. The van der Waals surface area contributed by atoms with Crippen LogP contribution in [0.5, 0.6) is 11.5 Å². The van der Waals surface area contributed by atoms with Crippen LogP contribution in [0.25, 0.3) is 0 Å². The van der Waals surface area contributed by atoms with Crippen LogP contribution in [0.2, 0.25) is 0 Å². The fourth-order valence-corrected chi connectivity index (χ4v) is 5.17. The first-order chi connectivity index (χ1) is 14.9. The second-order valence-electron chi connectivity index (χ2n) is 7.51. The minimum absolute atomic E-state index is 0.0285. The van der Waals surface area contributed by atoms with E-state index in [1.54, 1.807) is 29.2 Å². The Morgan fingerprint density at radius 1 is 1.03 bits per heavy atom. The lowest BCUT2D eigenvalue weighted by Gasteiger charge is -2.28. The van der Waals surface area contributed by atoms with Gasteiger partial charge in [0.15, 0.2) is 16.4 Å². The fourth-order valence-electron chi connectivity index (χ4n) is 3.44. The number of unbranched alkanes of at least 4 members (excludes halogenated alkanes) is 1. The van der Waals surface area contributed by atoms with Crippen LogP contribution >= 0.6 is 0 Å². The minimum atomic E-state index is -3.11. The number of benzene rings is 2. The number of rotatable bonds is 9. The lowest BCUT2D eigenvalue weighted by Crippen LogP contribution is -2.43. The van der Waals surface area contributed by atoms with E-state index in [0.717, 1.165) is 12.8 Å². The monoisotopic (exact) mass is 445 g/mol. The molecule has 0 aliphatic carbocycles. The van der Waals surface area contributed by atoms with Crippen molar-refractivity contribution in [3.05, 3.63) is 60.2 Å². The number of sulfone groups is 1. The Labute approximate surface area is 182 Å². The Hall–Kier alpha value is -2.87. The molecule has 1 fully saturated rings. The van der Waals surface area contributed by atoms with Gasteiger partial charge in [0.05, 0.1) is 17.1 Å². The number of carbonyl (C=O) groups is 2. The molecule has 1 saturated heterocycles. The molecule has 1 aliphatic heterocycles. The molecule has 7 nitrogen and oxygen atoms in total. The first-order valence-electron chi connectivity index (χ1n) is 10.4. The summed E-state index contributed by atoms with van der Waals surface area (Å²) in [7, 11) is -3.11. The van der Waals surface area contributed by atoms with Crippen LogP contribution in [-0.4, -0.2) is 55.9 Å². The summed E-state index contributed by atoms with van der Waals surface area (Å²) in [6.45, 7) is 2.04. The highest BCUT2D eigenvalue weighted by Crippen LogP contribution is 2.22. The molecule has 1 atom stereocenters. The summed E-state index contributed by atoms with van der Waals surface area (Å²) >= 11 is 0. The van der Waals surface area contributed by atoms with Crippen molar-refractivity contribution in [3.8, 4) is 11.5 Å². The van der Waals surface area contributed by atoms with E-state index in [1.807, 2.05) is 37.3 Å². The zero-order valence-corrected chi connectivity index (χ0v) is 18.3. The molecule has 1 amide bonds. The smallest absolute Gasteiger partial charge is 0.338 e. The summed E-state index contributed by atoms with van der Waals surface area (Å²) in [4.78, 5) is 26.6. The van der Waals surface area contributed by atoms with Gasteiger partial charge in [0.25, 0.3) is 5.91 Å². The molecule has 1 unspecified atom stereocenters. The molecule has 1 aliphatic rings. The van der Waals surface area contributed by atoms with Crippen molar-refractivity contribution in [1.82, 2.24) is 4.90 Å². The molecular weight excluding hydrogens is 418 g/mol. The molecule has 2 aromatic rings. The average molecular weight is 446 g/mol. The van der Waals surface area contributed by atoms with Gasteiger partial charge in [-0.25, -0.2) is 13.2 Å². The van der Waals surface area contributed by atoms with Crippen LogP contribution < -0.4 is 4.74 Å². The molecule has 31 heavy (non-hydrogen) atoms. The number of hydrogen-bond donors (Lipinski definition) is 0. The molecule has 0 saturated carbocycles. The zero-order chi connectivity index (χ0) is 22.3. The fraction of sp³-hybridized carbons (Fsp3) is 0.391. The van der Waals surface area contributed by atoms with E-state index in [-0.39, 0.29) is 23.5 Å². The Morgan fingerprint density at radius 3 is 2.32 bits per heavy atom. The topological polar surface area (TPSA) is 90.0 Å². The molecule has 0 bridgehead atoms. The highest BCUT2D eigenvalue weighted by molar-refractivity contribution is 7.91. The van der Waals surface area contributed by atoms with Crippen LogP contribution in [0.3, 0.4) is 0 Å². The first kappa shape index (κ1) is 22.8. The summed E-state index contributed by atoms with van der Waals surface area (Å²) in [6.07, 6.45) is 2.06. The zero-order valence-electron chi connectivity index (χ0n) is 17.5. The second kappa shape index (κ2) is 10.4. The Balaban J connectivity index is 1.56. The van der Waals surface area contributed by atoms with Crippen molar-refractivity contribution in [2.24, 2.45) is 0 Å². The van der Waals surface area contributed by atoms with Gasteiger partial charge in [-0.1, -0.05) is 31.5 Å². The van der Waals surface area contributed by atoms with E-state index in [1.165, 1.54) is 0 Å². The predicted molar refractivity (Wildman–Crippen MR) is 117 cm³/mol. The lowest BCUT2D eigenvalue weighted by molar-refractivity contribution is -0.136. The van der Waals surface area contributed by atoms with Crippen molar-refractivity contribution >= 4 is 21.7 Å². The second-order valence-corrected chi connectivity index (χ2v) is 9.74. The molecule has 1 heterocycles. The van der Waals surface area contributed by atoms with E-state index >= 15 is 0 Å². The van der Waals surface area contributed by atoms with Crippen LogP contribution in [-0.2, 0) is 19.4 Å². The van der Waals surface area contributed by atoms with Gasteiger partial charge in [0.1, 0.15) is 11.5 Å². The summed E-state index contributed by atoms with van der Waals surface area (Å²) < 4.78 is 34.5. The molecule has 8 heteroatoms. The number of carbonyl (C=O) groups excluding carboxylic acids is 2. The van der Waals surface area contributed by atoms with Crippen molar-refractivity contribution in [2.75, 3.05) is 24.7 Å². The number of esters is 1. The number of ether oxygens (including phenoxy) is 2. The standard InChI is InChI=1S/C23H27NO6S/c1-2-3-14-24(19-13-15-31(27,28)17-19)22(25)16-29-23(26)18-9-11-21(12-10-18)30-20-7-5-4-6-8-20/h4-12,19H,2-3,13-17H2,1H3. The van der Waals surface area contributed by atoms with Gasteiger partial charge in [-0.2, -0.15) is 0 Å². The van der Waals surface area contributed by atoms with Crippen LogP contribution in [0, 0.1) is 0 Å². The number of nitrogens with zero attached hydrogens (tertiary/aromatic N) is 1. The minimum Gasteiger partial charge on any atom is -0.457 e. The maximum atomic E-state index is 12.7. The van der Waals surface area contributed by atoms with Crippen LogP contribution in [0.15, 0.2) is 54.6 Å².